The molecular weight excluding hydrogens is 150 g/mol. The minimum atomic E-state index is -0.0556. The molecule has 3 nitrogen and oxygen atoms in total. The van der Waals surface area contributed by atoms with E-state index in [0.29, 0.717) is 5.15 Å². The van der Waals surface area contributed by atoms with Crippen LogP contribution in [0.1, 0.15) is 18.7 Å². The molecule has 1 rings (SSSR count). The zero-order valence-corrected chi connectivity index (χ0v) is 6.76. The Morgan fingerprint density at radius 3 is 2.60 bits per heavy atom. The third kappa shape index (κ3) is 1.15. The molecule has 0 unspecified atom stereocenters. The van der Waals surface area contributed by atoms with Crippen LogP contribution in [-0.2, 0) is 7.05 Å². The Balaban J connectivity index is 3.10. The van der Waals surface area contributed by atoms with Gasteiger partial charge in [-0.3, -0.25) is 0 Å². The molecular formula is C6H10ClN3. The highest BCUT2D eigenvalue weighted by molar-refractivity contribution is 6.30. The molecule has 2 N–H and O–H groups in total. The molecule has 0 radical (unpaired) electrons. The average molecular weight is 160 g/mol. The lowest BCUT2D eigenvalue weighted by Crippen LogP contribution is -2.09. The highest BCUT2D eigenvalue weighted by Crippen LogP contribution is 2.17. The van der Waals surface area contributed by atoms with E-state index in [9.17, 15) is 0 Å². The molecule has 0 bridgehead atoms. The smallest absolute Gasteiger partial charge is 0.151 e. The van der Waals surface area contributed by atoms with Gasteiger partial charge in [0.25, 0.3) is 0 Å². The Labute approximate surface area is 64.8 Å². The Hall–Kier alpha value is -0.540. The van der Waals surface area contributed by atoms with Crippen LogP contribution in [0.4, 0.5) is 0 Å². The molecule has 1 aromatic heterocycles. The van der Waals surface area contributed by atoms with E-state index in [2.05, 4.69) is 4.98 Å². The van der Waals surface area contributed by atoms with Crippen molar-refractivity contribution in [3.8, 4) is 0 Å². The fraction of sp³-hybridized carbons (Fsp3) is 0.500. The van der Waals surface area contributed by atoms with Crippen molar-refractivity contribution in [3.63, 3.8) is 0 Å². The second kappa shape index (κ2) is 2.60. The Morgan fingerprint density at radius 2 is 2.40 bits per heavy atom. The van der Waals surface area contributed by atoms with Crippen LogP contribution >= 0.6 is 11.6 Å². The van der Waals surface area contributed by atoms with Crippen LogP contribution in [0, 0.1) is 0 Å². The van der Waals surface area contributed by atoms with E-state index < -0.39 is 0 Å². The van der Waals surface area contributed by atoms with Gasteiger partial charge in [0.1, 0.15) is 0 Å². The molecule has 0 saturated heterocycles. The minimum absolute atomic E-state index is 0.0556. The number of halogens is 1. The SMILES string of the molecule is C[C@H](N)c1c(Cl)ncn1C. The summed E-state index contributed by atoms with van der Waals surface area (Å²) in [5, 5.41) is 0.498. The van der Waals surface area contributed by atoms with Crippen molar-refractivity contribution in [3.05, 3.63) is 17.2 Å². The summed E-state index contributed by atoms with van der Waals surface area (Å²) >= 11 is 5.73. The predicted octanol–water partition coefficient (Wildman–Crippen LogP) is 1.09. The molecule has 0 aliphatic carbocycles. The standard InChI is InChI=1S/C6H10ClN3/c1-4(8)5-6(7)9-3-10(5)2/h3-4H,8H2,1-2H3/t4-/m0/s1. The zero-order valence-electron chi connectivity index (χ0n) is 6.00. The van der Waals surface area contributed by atoms with Gasteiger partial charge in [-0.25, -0.2) is 4.98 Å². The molecule has 0 aliphatic rings. The third-order valence-corrected chi connectivity index (χ3v) is 1.66. The summed E-state index contributed by atoms with van der Waals surface area (Å²) in [6.07, 6.45) is 1.65. The van der Waals surface area contributed by atoms with Gasteiger partial charge in [0.15, 0.2) is 5.15 Å². The van der Waals surface area contributed by atoms with Crippen LogP contribution in [0.15, 0.2) is 6.33 Å². The first kappa shape index (κ1) is 7.57. The molecule has 56 valence electrons. The van der Waals surface area contributed by atoms with Crippen LogP contribution in [-0.4, -0.2) is 9.55 Å². The third-order valence-electron chi connectivity index (χ3n) is 1.37. The van der Waals surface area contributed by atoms with Gasteiger partial charge in [0.05, 0.1) is 12.0 Å². The van der Waals surface area contributed by atoms with E-state index in [1.807, 2.05) is 18.5 Å². The first-order chi connectivity index (χ1) is 4.63. The number of rotatable bonds is 1. The fourth-order valence-corrected chi connectivity index (χ4v) is 1.27. The second-order valence-electron chi connectivity index (χ2n) is 2.32. The first-order valence-electron chi connectivity index (χ1n) is 3.05. The number of imidazole rings is 1. The summed E-state index contributed by atoms with van der Waals surface area (Å²) in [6, 6.07) is -0.0556. The highest BCUT2D eigenvalue weighted by Gasteiger charge is 2.09. The molecule has 4 heteroatoms. The molecule has 1 atom stereocenters. The number of hydrogen-bond donors (Lipinski definition) is 1. The number of aryl methyl sites for hydroxylation is 1. The molecule has 1 heterocycles. The van der Waals surface area contributed by atoms with Crippen LogP contribution < -0.4 is 5.73 Å². The molecule has 0 aromatic carbocycles. The van der Waals surface area contributed by atoms with Crippen LogP contribution in [0.25, 0.3) is 0 Å². The number of nitrogens with zero attached hydrogens (tertiary/aromatic N) is 2. The maximum absolute atomic E-state index is 5.73. The molecule has 10 heavy (non-hydrogen) atoms. The molecule has 0 aliphatic heterocycles. The van der Waals surface area contributed by atoms with E-state index in [1.54, 1.807) is 6.33 Å². The van der Waals surface area contributed by atoms with Gasteiger partial charge in [0.2, 0.25) is 0 Å². The van der Waals surface area contributed by atoms with Crippen molar-refractivity contribution in [1.82, 2.24) is 9.55 Å². The Morgan fingerprint density at radius 1 is 1.80 bits per heavy atom. The summed E-state index contributed by atoms with van der Waals surface area (Å²) in [5.41, 5.74) is 6.49. The zero-order chi connectivity index (χ0) is 7.72. The van der Waals surface area contributed by atoms with Gasteiger partial charge in [-0.05, 0) is 6.92 Å². The lowest BCUT2D eigenvalue weighted by molar-refractivity contribution is 0.715. The summed E-state index contributed by atoms with van der Waals surface area (Å²) in [6.45, 7) is 1.88. The summed E-state index contributed by atoms with van der Waals surface area (Å²) in [4.78, 5) is 3.89. The number of nitrogens with two attached hydrogens (primary N) is 1. The van der Waals surface area contributed by atoms with E-state index >= 15 is 0 Å². The fourth-order valence-electron chi connectivity index (χ4n) is 0.920. The van der Waals surface area contributed by atoms with Crippen molar-refractivity contribution >= 4 is 11.6 Å². The molecule has 0 saturated carbocycles. The summed E-state index contributed by atoms with van der Waals surface area (Å²) < 4.78 is 1.83. The van der Waals surface area contributed by atoms with Crippen molar-refractivity contribution in [2.75, 3.05) is 0 Å². The van der Waals surface area contributed by atoms with E-state index in [1.165, 1.54) is 0 Å². The van der Waals surface area contributed by atoms with Gasteiger partial charge < -0.3 is 10.3 Å². The summed E-state index contributed by atoms with van der Waals surface area (Å²) in [5.74, 6) is 0. The van der Waals surface area contributed by atoms with E-state index in [4.69, 9.17) is 17.3 Å². The van der Waals surface area contributed by atoms with Gasteiger partial charge >= 0.3 is 0 Å². The molecule has 0 amide bonds. The Bertz CT molecular complexity index is 209. The summed E-state index contributed by atoms with van der Waals surface area (Å²) in [7, 11) is 1.87. The van der Waals surface area contributed by atoms with E-state index in [0.717, 1.165) is 5.69 Å². The van der Waals surface area contributed by atoms with Crippen molar-refractivity contribution in [2.45, 2.75) is 13.0 Å². The quantitative estimate of drug-likeness (QED) is 0.667. The molecule has 0 spiro atoms. The highest BCUT2D eigenvalue weighted by atomic mass is 35.5. The Kier molecular flexibility index (Phi) is 1.97. The number of hydrogen-bond acceptors (Lipinski definition) is 2. The van der Waals surface area contributed by atoms with Gasteiger partial charge in [-0.1, -0.05) is 11.6 Å². The maximum atomic E-state index is 5.73. The topological polar surface area (TPSA) is 43.8 Å². The number of aromatic nitrogens is 2. The second-order valence-corrected chi connectivity index (χ2v) is 2.68. The normalized spacial score (nSPS) is 13.6. The van der Waals surface area contributed by atoms with Crippen molar-refractivity contribution < 1.29 is 0 Å². The maximum Gasteiger partial charge on any atom is 0.151 e. The average Bonchev–Trinajstić information content (AvgIpc) is 2.11. The lowest BCUT2D eigenvalue weighted by Gasteiger charge is -2.05. The van der Waals surface area contributed by atoms with Crippen LogP contribution in [0.2, 0.25) is 5.15 Å². The van der Waals surface area contributed by atoms with Crippen molar-refractivity contribution in [1.29, 1.82) is 0 Å². The van der Waals surface area contributed by atoms with Gasteiger partial charge in [-0.2, -0.15) is 0 Å². The van der Waals surface area contributed by atoms with Gasteiger partial charge in [0, 0.05) is 13.1 Å². The first-order valence-corrected chi connectivity index (χ1v) is 3.43. The lowest BCUT2D eigenvalue weighted by atomic mass is 10.3. The minimum Gasteiger partial charge on any atom is -0.335 e. The van der Waals surface area contributed by atoms with Crippen LogP contribution in [0.5, 0.6) is 0 Å². The van der Waals surface area contributed by atoms with Gasteiger partial charge in [-0.15, -0.1) is 0 Å². The van der Waals surface area contributed by atoms with Crippen LogP contribution in [0.3, 0.4) is 0 Å². The molecule has 0 fully saturated rings. The predicted molar refractivity (Wildman–Crippen MR) is 40.8 cm³/mol. The van der Waals surface area contributed by atoms with E-state index in [-0.39, 0.29) is 6.04 Å². The monoisotopic (exact) mass is 159 g/mol. The molecule has 1 aromatic rings. The largest absolute Gasteiger partial charge is 0.335 e. The van der Waals surface area contributed by atoms with Crippen molar-refractivity contribution in [2.24, 2.45) is 12.8 Å².